The standard InChI is InChI=1S/C11H9F2NO2S2/c1-7-2-5-11(17-7)18(15,16)14-10-6-8(12)3-4-9(10)13/h2-6,14H,1H3. The van der Waals surface area contributed by atoms with Crippen molar-refractivity contribution in [2.75, 3.05) is 4.72 Å². The van der Waals surface area contributed by atoms with Gasteiger partial charge in [0, 0.05) is 10.9 Å². The van der Waals surface area contributed by atoms with Crippen LogP contribution in [-0.4, -0.2) is 8.42 Å². The predicted molar refractivity (Wildman–Crippen MR) is 66.2 cm³/mol. The maximum absolute atomic E-state index is 13.3. The Bertz CT molecular complexity index is 680. The van der Waals surface area contributed by atoms with Gasteiger partial charge in [0.2, 0.25) is 0 Å². The highest BCUT2D eigenvalue weighted by atomic mass is 32.2. The fourth-order valence-corrected chi connectivity index (χ4v) is 3.67. The molecule has 3 nitrogen and oxygen atoms in total. The molecular formula is C11H9F2NO2S2. The molecule has 0 atom stereocenters. The minimum absolute atomic E-state index is 0.0589. The molecule has 0 aliphatic rings. The van der Waals surface area contributed by atoms with Gasteiger partial charge in [0.15, 0.2) is 0 Å². The monoisotopic (exact) mass is 289 g/mol. The number of sulfonamides is 1. The van der Waals surface area contributed by atoms with Gasteiger partial charge in [0.25, 0.3) is 10.0 Å². The molecular weight excluding hydrogens is 280 g/mol. The van der Waals surface area contributed by atoms with Gasteiger partial charge in [0.1, 0.15) is 15.8 Å². The zero-order valence-corrected chi connectivity index (χ0v) is 10.9. The maximum atomic E-state index is 13.3. The lowest BCUT2D eigenvalue weighted by Crippen LogP contribution is -2.12. The van der Waals surface area contributed by atoms with E-state index in [4.69, 9.17) is 0 Å². The summed E-state index contributed by atoms with van der Waals surface area (Å²) in [5.74, 6) is -1.54. The molecule has 0 amide bonds. The fourth-order valence-electron chi connectivity index (χ4n) is 1.33. The molecule has 1 aromatic carbocycles. The first kappa shape index (κ1) is 13.0. The van der Waals surface area contributed by atoms with E-state index in [0.29, 0.717) is 0 Å². The molecule has 0 unspecified atom stereocenters. The minimum atomic E-state index is -3.87. The second-order valence-electron chi connectivity index (χ2n) is 3.59. The van der Waals surface area contributed by atoms with Gasteiger partial charge in [-0.1, -0.05) is 0 Å². The van der Waals surface area contributed by atoms with E-state index in [9.17, 15) is 17.2 Å². The molecule has 1 N–H and O–H groups in total. The van der Waals surface area contributed by atoms with Gasteiger partial charge in [-0.2, -0.15) is 0 Å². The molecule has 0 aliphatic heterocycles. The number of halogens is 2. The highest BCUT2D eigenvalue weighted by Gasteiger charge is 2.18. The zero-order chi connectivity index (χ0) is 13.3. The average Bonchev–Trinajstić information content (AvgIpc) is 2.71. The maximum Gasteiger partial charge on any atom is 0.271 e. The van der Waals surface area contributed by atoms with Crippen molar-refractivity contribution in [2.45, 2.75) is 11.1 Å². The van der Waals surface area contributed by atoms with Crippen LogP contribution in [0.5, 0.6) is 0 Å². The van der Waals surface area contributed by atoms with Gasteiger partial charge in [0.05, 0.1) is 5.69 Å². The lowest BCUT2D eigenvalue weighted by Gasteiger charge is -2.07. The number of aryl methyl sites for hydroxylation is 1. The van der Waals surface area contributed by atoms with Gasteiger partial charge < -0.3 is 0 Å². The molecule has 18 heavy (non-hydrogen) atoms. The molecule has 0 saturated carbocycles. The van der Waals surface area contributed by atoms with Gasteiger partial charge in [-0.25, -0.2) is 17.2 Å². The van der Waals surface area contributed by atoms with E-state index < -0.39 is 27.3 Å². The van der Waals surface area contributed by atoms with E-state index in [1.807, 2.05) is 4.72 Å². The number of nitrogens with one attached hydrogen (secondary N) is 1. The van der Waals surface area contributed by atoms with Crippen molar-refractivity contribution in [2.24, 2.45) is 0 Å². The molecule has 0 spiro atoms. The number of thiophene rings is 1. The summed E-state index contributed by atoms with van der Waals surface area (Å²) in [5, 5.41) is 0. The van der Waals surface area contributed by atoms with Crippen molar-refractivity contribution in [3.8, 4) is 0 Å². The molecule has 0 fully saturated rings. The van der Waals surface area contributed by atoms with Gasteiger partial charge >= 0.3 is 0 Å². The number of hydrogen-bond acceptors (Lipinski definition) is 3. The summed E-state index contributed by atoms with van der Waals surface area (Å²) in [6, 6.07) is 5.64. The smallest absolute Gasteiger partial charge is 0.271 e. The van der Waals surface area contributed by atoms with Crippen LogP contribution in [0.1, 0.15) is 4.88 Å². The van der Waals surface area contributed by atoms with Crippen LogP contribution in [0.3, 0.4) is 0 Å². The minimum Gasteiger partial charge on any atom is -0.276 e. The quantitative estimate of drug-likeness (QED) is 0.943. The van der Waals surface area contributed by atoms with Crippen LogP contribution in [0.15, 0.2) is 34.5 Å². The van der Waals surface area contributed by atoms with Crippen LogP contribution in [0.2, 0.25) is 0 Å². The molecule has 7 heteroatoms. The summed E-state index contributed by atoms with van der Waals surface area (Å²) < 4.78 is 52.1. The summed E-state index contributed by atoms with van der Waals surface area (Å²) >= 11 is 1.06. The highest BCUT2D eigenvalue weighted by Crippen LogP contribution is 2.24. The highest BCUT2D eigenvalue weighted by molar-refractivity contribution is 7.94. The van der Waals surface area contributed by atoms with E-state index in [0.717, 1.165) is 34.4 Å². The molecule has 2 aromatic rings. The Morgan fingerprint density at radius 3 is 2.50 bits per heavy atom. The van der Waals surface area contributed by atoms with Crippen LogP contribution in [0.4, 0.5) is 14.5 Å². The first-order valence-corrected chi connectivity index (χ1v) is 7.23. The second kappa shape index (κ2) is 4.66. The first-order valence-electron chi connectivity index (χ1n) is 4.93. The molecule has 0 radical (unpaired) electrons. The lowest BCUT2D eigenvalue weighted by atomic mass is 10.3. The van der Waals surface area contributed by atoms with Gasteiger partial charge in [-0.15, -0.1) is 11.3 Å². The summed E-state index contributed by atoms with van der Waals surface area (Å²) in [7, 11) is -3.87. The van der Waals surface area contributed by atoms with E-state index in [1.165, 1.54) is 6.07 Å². The third kappa shape index (κ3) is 2.68. The fraction of sp³-hybridized carbons (Fsp3) is 0.0909. The number of anilines is 1. The van der Waals surface area contributed by atoms with Crippen LogP contribution in [-0.2, 0) is 10.0 Å². The van der Waals surface area contributed by atoms with Gasteiger partial charge in [-0.05, 0) is 31.2 Å². The van der Waals surface area contributed by atoms with Crippen LogP contribution < -0.4 is 4.72 Å². The average molecular weight is 289 g/mol. The van der Waals surface area contributed by atoms with Crippen molar-refractivity contribution in [1.29, 1.82) is 0 Å². The summed E-state index contributed by atoms with van der Waals surface area (Å²) in [5.41, 5.74) is -0.402. The van der Waals surface area contributed by atoms with E-state index in [2.05, 4.69) is 0 Å². The zero-order valence-electron chi connectivity index (χ0n) is 9.28. The summed E-state index contributed by atoms with van der Waals surface area (Å²) in [6.45, 7) is 1.76. The topological polar surface area (TPSA) is 46.2 Å². The Morgan fingerprint density at radius 1 is 1.17 bits per heavy atom. The van der Waals surface area contributed by atoms with Crippen LogP contribution >= 0.6 is 11.3 Å². The number of benzene rings is 1. The third-order valence-corrected chi connectivity index (χ3v) is 5.01. The molecule has 0 aliphatic carbocycles. The Kier molecular flexibility index (Phi) is 3.36. The van der Waals surface area contributed by atoms with Crippen molar-refractivity contribution in [1.82, 2.24) is 0 Å². The van der Waals surface area contributed by atoms with E-state index >= 15 is 0 Å². The second-order valence-corrected chi connectivity index (χ2v) is 6.79. The summed E-state index contributed by atoms with van der Waals surface area (Å²) in [4.78, 5) is 0.815. The summed E-state index contributed by atoms with van der Waals surface area (Å²) in [6.07, 6.45) is 0. The molecule has 1 heterocycles. The van der Waals surface area contributed by atoms with E-state index in [-0.39, 0.29) is 4.21 Å². The normalized spacial score (nSPS) is 11.5. The Morgan fingerprint density at radius 2 is 1.89 bits per heavy atom. The Labute approximate surface area is 107 Å². The largest absolute Gasteiger partial charge is 0.276 e. The molecule has 2 rings (SSSR count). The third-order valence-electron chi connectivity index (χ3n) is 2.15. The Balaban J connectivity index is 2.36. The first-order chi connectivity index (χ1) is 8.38. The van der Waals surface area contributed by atoms with Gasteiger partial charge in [-0.3, -0.25) is 4.72 Å². The molecule has 1 aromatic heterocycles. The number of hydrogen-bond donors (Lipinski definition) is 1. The molecule has 0 saturated heterocycles. The Hall–Kier alpha value is -1.47. The van der Waals surface area contributed by atoms with Crippen LogP contribution in [0, 0.1) is 18.6 Å². The predicted octanol–water partition coefficient (Wildman–Crippen LogP) is 3.14. The van der Waals surface area contributed by atoms with Crippen molar-refractivity contribution in [3.05, 3.63) is 46.8 Å². The molecule has 0 bridgehead atoms. The van der Waals surface area contributed by atoms with Crippen LogP contribution in [0.25, 0.3) is 0 Å². The number of rotatable bonds is 3. The lowest BCUT2D eigenvalue weighted by molar-refractivity contribution is 0.595. The van der Waals surface area contributed by atoms with Crippen molar-refractivity contribution >= 4 is 27.0 Å². The van der Waals surface area contributed by atoms with Crippen molar-refractivity contribution < 1.29 is 17.2 Å². The SMILES string of the molecule is Cc1ccc(S(=O)(=O)Nc2cc(F)ccc2F)s1. The van der Waals surface area contributed by atoms with Crippen molar-refractivity contribution in [3.63, 3.8) is 0 Å². The molecule has 96 valence electrons. The van der Waals surface area contributed by atoms with E-state index in [1.54, 1.807) is 13.0 Å².